The Hall–Kier alpha value is -0.400. The third-order valence-electron chi connectivity index (χ3n) is 8.70. The number of hydrogen-bond donors (Lipinski definition) is 0. The van der Waals surface area contributed by atoms with E-state index in [0.29, 0.717) is 0 Å². The summed E-state index contributed by atoms with van der Waals surface area (Å²) in [5.41, 5.74) is 11.4. The van der Waals surface area contributed by atoms with Crippen LogP contribution in [0.15, 0.2) is 48.6 Å². The van der Waals surface area contributed by atoms with Crippen LogP contribution in [-0.2, 0) is 40.6 Å². The molecule has 40 heavy (non-hydrogen) atoms. The average Bonchev–Trinajstić information content (AvgIpc) is 3.70. The molecule has 0 radical (unpaired) electrons. The van der Waals surface area contributed by atoms with Gasteiger partial charge in [0.25, 0.3) is 0 Å². The number of rotatable bonds is 2. The molecule has 0 atom stereocenters. The van der Waals surface area contributed by atoms with Gasteiger partial charge in [-0.05, 0) is 17.4 Å². The molecule has 2 aromatic rings. The molecule has 0 N–H and O–H groups in total. The molecule has 0 heterocycles. The molecule has 4 aliphatic carbocycles. The van der Waals surface area contributed by atoms with Gasteiger partial charge >= 0.3 is 91.2 Å². The fraction of sp³-hybridized carbons (Fsp3) is 0.556. The van der Waals surface area contributed by atoms with Crippen molar-refractivity contribution in [3.05, 3.63) is 83.0 Å². The molecule has 0 saturated heterocycles. The summed E-state index contributed by atoms with van der Waals surface area (Å²) in [5, 5.41) is 0. The number of halogens is 2. The Labute approximate surface area is 273 Å². The van der Waals surface area contributed by atoms with Crippen molar-refractivity contribution in [2.24, 2.45) is 0 Å². The van der Waals surface area contributed by atoms with Gasteiger partial charge in [-0.1, -0.05) is 76.3 Å². The van der Waals surface area contributed by atoms with Gasteiger partial charge in [0.1, 0.15) is 0 Å². The third kappa shape index (κ3) is 9.56. The van der Waals surface area contributed by atoms with E-state index in [2.05, 4.69) is 90.1 Å². The van der Waals surface area contributed by atoms with E-state index in [1.165, 1.54) is 44.5 Å². The van der Waals surface area contributed by atoms with E-state index in [-0.39, 0.29) is 41.1 Å². The summed E-state index contributed by atoms with van der Waals surface area (Å²) in [5.74, 6) is 0. The van der Waals surface area contributed by atoms with E-state index in [0.717, 1.165) is 12.8 Å². The molecule has 0 aromatic heterocycles. The predicted octanol–water partition coefficient (Wildman–Crippen LogP) is 4.38. The standard InChI is InChI=1S/C21H25.C10H18Si.C5H5.2ClH.Zr/c1-20(2,3)16-9-7-14-11-15-8-10-17(21(4,5)6)13-19(15)18(14)12-16;1-2-6-9(5-1)11-10-7-3-4-8-10;1-2-4-5-3-1;;;/h7,9-10,12-13H,11H2,1-6H3;9-10H,1-8H2;1-3H,4H2;2*1H;/q-1;;-1;;;+2/p-2. The van der Waals surface area contributed by atoms with Gasteiger partial charge in [-0.15, -0.1) is 12.0 Å². The Balaban J connectivity index is 0.000000248. The first-order valence-corrected chi connectivity index (χ1v) is 20.4. The zero-order chi connectivity index (χ0) is 27.3. The quantitative estimate of drug-likeness (QED) is 0.281. The molecule has 0 nitrogen and oxygen atoms in total. The van der Waals surface area contributed by atoms with E-state index in [1.54, 1.807) is 51.4 Å². The summed E-state index contributed by atoms with van der Waals surface area (Å²) in [7, 11) is 0. The normalized spacial score (nSPS) is 17.6. The molecule has 0 aliphatic heterocycles. The van der Waals surface area contributed by atoms with Crippen molar-refractivity contribution < 1.29 is 48.1 Å². The van der Waals surface area contributed by atoms with Crippen molar-refractivity contribution in [3.8, 4) is 11.1 Å². The first-order chi connectivity index (χ1) is 18.0. The SMILES string of the molecule is CC(C)(C)c1c[c-]c2c(c1)-c1cc(C(C)(C)C)ccc1C2.[C-]1=CC=CC1.[Cl-].[Cl-].[Zr+2]=[Si](C1CCCC1)C1CCCC1. The van der Waals surface area contributed by atoms with E-state index >= 15 is 0 Å². The van der Waals surface area contributed by atoms with Crippen LogP contribution in [0.1, 0.15) is 122 Å². The molecule has 6 rings (SSSR count). The second-order valence-corrected chi connectivity index (χ2v) is 20.6. The Kier molecular flexibility index (Phi) is 14.2. The van der Waals surface area contributed by atoms with Crippen LogP contribution in [0.4, 0.5) is 0 Å². The van der Waals surface area contributed by atoms with Crippen molar-refractivity contribution >= 4 is 5.43 Å². The first-order valence-electron chi connectivity index (χ1n) is 15.0. The maximum absolute atomic E-state index is 3.53. The molecule has 216 valence electrons. The van der Waals surface area contributed by atoms with Gasteiger partial charge in [-0.3, -0.25) is 6.08 Å². The molecule has 2 aromatic carbocycles. The van der Waals surface area contributed by atoms with Crippen LogP contribution < -0.4 is 24.8 Å². The van der Waals surface area contributed by atoms with Crippen molar-refractivity contribution in [3.63, 3.8) is 0 Å². The minimum atomic E-state index is 0. The summed E-state index contributed by atoms with van der Waals surface area (Å²) in [6.45, 7) is 13.6. The molecule has 2 saturated carbocycles. The zero-order valence-electron chi connectivity index (χ0n) is 25.6. The van der Waals surface area contributed by atoms with Crippen molar-refractivity contribution in [2.75, 3.05) is 0 Å². The first kappa shape index (κ1) is 35.8. The monoisotopic (exact) mass is 668 g/mol. The van der Waals surface area contributed by atoms with Crippen LogP contribution in [0.25, 0.3) is 11.1 Å². The Morgan fingerprint density at radius 2 is 1.32 bits per heavy atom. The van der Waals surface area contributed by atoms with Crippen LogP contribution in [0.5, 0.6) is 0 Å². The molecule has 0 unspecified atom stereocenters. The van der Waals surface area contributed by atoms with Gasteiger partial charge in [0.2, 0.25) is 0 Å². The van der Waals surface area contributed by atoms with Crippen LogP contribution in [0.2, 0.25) is 11.1 Å². The van der Waals surface area contributed by atoms with E-state index < -0.39 is 0 Å². The summed E-state index contributed by atoms with van der Waals surface area (Å²) in [4.78, 5) is 0. The van der Waals surface area contributed by atoms with Gasteiger partial charge in [0.15, 0.2) is 0 Å². The number of hydrogen-bond acceptors (Lipinski definition) is 0. The molecule has 2 fully saturated rings. The van der Waals surface area contributed by atoms with Crippen molar-refractivity contribution in [1.29, 1.82) is 0 Å². The summed E-state index contributed by atoms with van der Waals surface area (Å²) in [6, 6.07) is 15.1. The Morgan fingerprint density at radius 1 is 0.775 bits per heavy atom. The van der Waals surface area contributed by atoms with E-state index in [9.17, 15) is 0 Å². The Bertz CT molecular complexity index is 1080. The summed E-state index contributed by atoms with van der Waals surface area (Å²) < 4.78 is 0. The molecule has 4 aliphatic rings. The number of allylic oxidation sites excluding steroid dienone is 4. The van der Waals surface area contributed by atoms with E-state index in [4.69, 9.17) is 0 Å². The topological polar surface area (TPSA) is 0 Å². The van der Waals surface area contributed by atoms with E-state index in [1.807, 2.05) is 35.5 Å². The molecular formula is C36H48Cl2SiZr-2. The molecule has 0 bridgehead atoms. The van der Waals surface area contributed by atoms with Crippen LogP contribution in [-0.4, -0.2) is 5.43 Å². The third-order valence-corrected chi connectivity index (χ3v) is 17.6. The molecule has 0 spiro atoms. The minimum absolute atomic E-state index is 0. The molecule has 0 amide bonds. The summed E-state index contributed by atoms with van der Waals surface area (Å²) in [6.07, 6.45) is 23.7. The number of fused-ring (bicyclic) bond motifs is 3. The second-order valence-electron chi connectivity index (χ2n) is 13.8. The predicted molar refractivity (Wildman–Crippen MR) is 163 cm³/mol. The van der Waals surface area contributed by atoms with Gasteiger partial charge < -0.3 is 24.8 Å². The van der Waals surface area contributed by atoms with Crippen molar-refractivity contribution in [1.82, 2.24) is 0 Å². The van der Waals surface area contributed by atoms with Crippen LogP contribution in [0, 0.1) is 12.1 Å². The zero-order valence-corrected chi connectivity index (χ0v) is 30.6. The average molecular weight is 671 g/mol. The van der Waals surface area contributed by atoms with Gasteiger partial charge in [-0.25, -0.2) is 12.2 Å². The second kappa shape index (κ2) is 15.9. The van der Waals surface area contributed by atoms with Crippen LogP contribution in [0.3, 0.4) is 0 Å². The maximum atomic E-state index is 3.53. The van der Waals surface area contributed by atoms with Gasteiger partial charge in [0.05, 0.1) is 0 Å². The summed E-state index contributed by atoms with van der Waals surface area (Å²) >= 11 is 1.94. The van der Waals surface area contributed by atoms with Gasteiger partial charge in [-0.2, -0.15) is 35.4 Å². The fourth-order valence-electron chi connectivity index (χ4n) is 6.13. The van der Waals surface area contributed by atoms with Crippen LogP contribution >= 0.6 is 0 Å². The molecule has 4 heteroatoms. The molecular weight excluding hydrogens is 623 g/mol. The van der Waals surface area contributed by atoms with Gasteiger partial charge in [0, 0.05) is 0 Å². The Morgan fingerprint density at radius 3 is 1.77 bits per heavy atom. The fourth-order valence-corrected chi connectivity index (χ4v) is 13.1. The van der Waals surface area contributed by atoms with Crippen molar-refractivity contribution in [2.45, 2.75) is 128 Å². The number of benzene rings is 2.